The maximum absolute atomic E-state index is 11.7. The number of hydrogen-bond acceptors (Lipinski definition) is 6. The number of benzene rings is 2. The van der Waals surface area contributed by atoms with Gasteiger partial charge in [0.2, 0.25) is 0 Å². The minimum absolute atomic E-state index is 0.0128. The van der Waals surface area contributed by atoms with Gasteiger partial charge in [0.15, 0.2) is 0 Å². The minimum atomic E-state index is -1.15. The number of aromatic carboxylic acids is 2. The van der Waals surface area contributed by atoms with Gasteiger partial charge in [0, 0.05) is 0 Å². The fraction of sp³-hybridized carbons (Fsp3) is 0.222. The molecule has 27 heavy (non-hydrogen) atoms. The monoisotopic (exact) mass is 442 g/mol. The number of rotatable bonds is 8. The Morgan fingerprint density at radius 2 is 0.963 bits per heavy atom. The Hall–Kier alpha value is -2.90. The second kappa shape index (κ2) is 8.66. The van der Waals surface area contributed by atoms with Crippen molar-refractivity contribution in [2.75, 3.05) is 28.4 Å². The van der Waals surface area contributed by atoms with Crippen LogP contribution in [0.3, 0.4) is 0 Å². The predicted molar refractivity (Wildman–Crippen MR) is 98.0 cm³/mol. The summed E-state index contributed by atoms with van der Waals surface area (Å²) in [7, 11) is 5.69. The Morgan fingerprint density at radius 1 is 0.667 bits per heavy atom. The van der Waals surface area contributed by atoms with Crippen LogP contribution in [0.2, 0.25) is 0 Å². The third-order valence-corrected chi connectivity index (χ3v) is 5.99. The van der Waals surface area contributed by atoms with E-state index in [4.69, 9.17) is 18.9 Å². The molecule has 2 aromatic rings. The van der Waals surface area contributed by atoms with E-state index in [1.54, 1.807) is 12.1 Å². The zero-order valence-electron chi connectivity index (χ0n) is 15.1. The molecule has 8 nitrogen and oxygen atoms in total. The molecular weight excluding hydrogens is 423 g/mol. The van der Waals surface area contributed by atoms with Gasteiger partial charge in [-0.3, -0.25) is 0 Å². The fourth-order valence-corrected chi connectivity index (χ4v) is 4.61. The van der Waals surface area contributed by atoms with Crippen molar-refractivity contribution >= 4 is 35.8 Å². The first-order chi connectivity index (χ1) is 12.9. The SMILES string of the molecule is COc1cc([Se]c2cc(OC)c(OC)cc2C(=O)O)c(C(=O)O)cc1OC. The molecule has 0 amide bonds. The van der Waals surface area contributed by atoms with Crippen LogP contribution < -0.4 is 27.9 Å². The van der Waals surface area contributed by atoms with Crippen LogP contribution in [0.25, 0.3) is 0 Å². The van der Waals surface area contributed by atoms with Crippen molar-refractivity contribution in [2.24, 2.45) is 0 Å². The molecule has 0 spiro atoms. The molecular formula is C18H18O8Se. The van der Waals surface area contributed by atoms with E-state index in [9.17, 15) is 19.8 Å². The normalized spacial score (nSPS) is 10.2. The molecule has 0 heterocycles. The Morgan fingerprint density at radius 3 is 1.22 bits per heavy atom. The van der Waals surface area contributed by atoms with Gasteiger partial charge in [0.05, 0.1) is 0 Å². The van der Waals surface area contributed by atoms with Gasteiger partial charge in [-0.25, -0.2) is 0 Å². The van der Waals surface area contributed by atoms with Crippen LogP contribution in [0.1, 0.15) is 20.7 Å². The summed E-state index contributed by atoms with van der Waals surface area (Å²) in [6.45, 7) is 0. The Labute approximate surface area is 161 Å². The second-order valence-electron chi connectivity index (χ2n) is 5.12. The first-order valence-electron chi connectivity index (χ1n) is 7.52. The molecule has 0 bridgehead atoms. The summed E-state index contributed by atoms with van der Waals surface area (Å²) < 4.78 is 21.6. The number of carbonyl (C=O) groups is 2. The topological polar surface area (TPSA) is 112 Å². The molecule has 0 saturated carbocycles. The Balaban J connectivity index is 2.65. The van der Waals surface area contributed by atoms with E-state index in [1.807, 2.05) is 0 Å². The van der Waals surface area contributed by atoms with Crippen molar-refractivity contribution in [2.45, 2.75) is 0 Å². The van der Waals surface area contributed by atoms with Gasteiger partial charge < -0.3 is 0 Å². The molecule has 0 radical (unpaired) electrons. The Kier molecular flexibility index (Phi) is 6.54. The molecule has 144 valence electrons. The average molecular weight is 441 g/mol. The van der Waals surface area contributed by atoms with Gasteiger partial charge in [-0.05, 0) is 0 Å². The van der Waals surface area contributed by atoms with Crippen LogP contribution in [0.5, 0.6) is 23.0 Å². The van der Waals surface area contributed by atoms with Gasteiger partial charge >= 0.3 is 161 Å². The van der Waals surface area contributed by atoms with Crippen molar-refractivity contribution in [3.63, 3.8) is 0 Å². The zero-order valence-corrected chi connectivity index (χ0v) is 16.8. The van der Waals surface area contributed by atoms with E-state index in [0.29, 0.717) is 20.4 Å². The molecule has 0 aliphatic carbocycles. The average Bonchev–Trinajstić information content (AvgIpc) is 2.66. The number of methoxy groups -OCH3 is 4. The molecule has 0 aromatic heterocycles. The first-order valence-corrected chi connectivity index (χ1v) is 9.24. The van der Waals surface area contributed by atoms with E-state index >= 15 is 0 Å². The number of carboxylic acid groups (broad SMARTS) is 2. The van der Waals surface area contributed by atoms with E-state index in [-0.39, 0.29) is 22.6 Å². The molecule has 0 unspecified atom stereocenters. The molecule has 9 heteroatoms. The Bertz CT molecular complexity index is 807. The first kappa shape index (κ1) is 20.4. The summed E-state index contributed by atoms with van der Waals surface area (Å²) in [4.78, 5) is 23.3. The van der Waals surface area contributed by atoms with Gasteiger partial charge in [-0.15, -0.1) is 0 Å². The van der Waals surface area contributed by atoms with Gasteiger partial charge in [0.1, 0.15) is 0 Å². The third-order valence-electron chi connectivity index (χ3n) is 3.65. The van der Waals surface area contributed by atoms with E-state index in [2.05, 4.69) is 0 Å². The van der Waals surface area contributed by atoms with Crippen LogP contribution in [0.4, 0.5) is 0 Å². The van der Waals surface area contributed by atoms with Gasteiger partial charge in [-0.1, -0.05) is 0 Å². The van der Waals surface area contributed by atoms with E-state index < -0.39 is 26.9 Å². The number of ether oxygens (including phenoxy) is 4. The van der Waals surface area contributed by atoms with Crippen LogP contribution in [0, 0.1) is 0 Å². The van der Waals surface area contributed by atoms with Gasteiger partial charge in [-0.2, -0.15) is 0 Å². The van der Waals surface area contributed by atoms with Gasteiger partial charge in [0.25, 0.3) is 0 Å². The van der Waals surface area contributed by atoms with Crippen molar-refractivity contribution in [3.05, 3.63) is 35.4 Å². The molecule has 2 aromatic carbocycles. The summed E-state index contributed by atoms with van der Waals surface area (Å²) in [5.41, 5.74) is 0.0255. The summed E-state index contributed by atoms with van der Waals surface area (Å²) >= 11 is -0.666. The summed E-state index contributed by atoms with van der Waals surface area (Å²) in [6.07, 6.45) is 0. The molecule has 0 saturated heterocycles. The van der Waals surface area contributed by atoms with E-state index in [0.717, 1.165) is 0 Å². The number of carboxylic acids is 2. The van der Waals surface area contributed by atoms with Crippen molar-refractivity contribution in [1.29, 1.82) is 0 Å². The second-order valence-corrected chi connectivity index (χ2v) is 7.39. The summed E-state index contributed by atoms with van der Waals surface area (Å²) in [5.74, 6) is -1.02. The van der Waals surface area contributed by atoms with Crippen LogP contribution in [-0.2, 0) is 0 Å². The van der Waals surface area contributed by atoms with Crippen molar-refractivity contribution in [1.82, 2.24) is 0 Å². The van der Waals surface area contributed by atoms with Crippen LogP contribution in [0.15, 0.2) is 24.3 Å². The molecule has 0 aliphatic heterocycles. The van der Waals surface area contributed by atoms with Crippen LogP contribution >= 0.6 is 0 Å². The molecule has 2 N–H and O–H groups in total. The summed E-state index contributed by atoms with van der Waals surface area (Å²) in [5, 5.41) is 19.1. The summed E-state index contributed by atoms with van der Waals surface area (Å²) in [6, 6.07) is 5.81. The standard InChI is InChI=1S/C18H18O8Se/c1-23-11-5-9(17(19)20)15(7-13(11)25-3)27-16-8-14(26-4)12(24-2)6-10(16)18(21)22/h5-8H,1-4H3,(H,19,20)(H,21,22). The predicted octanol–water partition coefficient (Wildman–Crippen LogP) is 0.772. The zero-order chi connectivity index (χ0) is 20.1. The molecule has 0 fully saturated rings. The third kappa shape index (κ3) is 4.27. The van der Waals surface area contributed by atoms with Crippen LogP contribution in [-0.4, -0.2) is 65.5 Å². The molecule has 2 rings (SSSR count). The fourth-order valence-electron chi connectivity index (χ4n) is 2.34. The van der Waals surface area contributed by atoms with Crippen molar-refractivity contribution in [3.8, 4) is 23.0 Å². The molecule has 0 aliphatic rings. The number of hydrogen-bond donors (Lipinski definition) is 2. The van der Waals surface area contributed by atoms with E-state index in [1.165, 1.54) is 40.6 Å². The maximum atomic E-state index is 11.7. The quantitative estimate of drug-likeness (QED) is 0.578. The molecule has 0 atom stereocenters. The van der Waals surface area contributed by atoms with Crippen molar-refractivity contribution < 1.29 is 38.7 Å².